The van der Waals surface area contributed by atoms with Crippen molar-refractivity contribution >= 4 is 12.0 Å². The zero-order valence-corrected chi connectivity index (χ0v) is 11.7. The fourth-order valence-electron chi connectivity index (χ4n) is 1.60. The Morgan fingerprint density at radius 3 is 2.28 bits per heavy atom. The molecule has 0 aliphatic heterocycles. The molecule has 0 unspecified atom stereocenters. The Balaban J connectivity index is 4.62. The van der Waals surface area contributed by atoms with E-state index in [-0.39, 0.29) is 18.5 Å². The van der Waals surface area contributed by atoms with Crippen molar-refractivity contribution in [3.8, 4) is 0 Å². The summed E-state index contributed by atoms with van der Waals surface area (Å²) in [6.07, 6.45) is 0. The van der Waals surface area contributed by atoms with Gasteiger partial charge in [-0.1, -0.05) is 13.8 Å². The molecule has 0 radical (unpaired) electrons. The lowest BCUT2D eigenvalue weighted by Gasteiger charge is -2.30. The molecule has 2 amide bonds. The van der Waals surface area contributed by atoms with Crippen LogP contribution in [0.2, 0.25) is 0 Å². The van der Waals surface area contributed by atoms with Gasteiger partial charge in [0.15, 0.2) is 0 Å². The molecule has 6 heteroatoms. The summed E-state index contributed by atoms with van der Waals surface area (Å²) >= 11 is 0. The standard InChI is InChI=1S/C12H24N2O4/c1-5-13(6-7-18-4)12(17)14(8-10(2)3)9-11(15)16/h10H,5-9H2,1-4H3,(H,15,16). The lowest BCUT2D eigenvalue weighted by molar-refractivity contribution is -0.137. The molecule has 0 aromatic heterocycles. The number of aliphatic carboxylic acids is 1. The minimum atomic E-state index is -0.994. The Bertz CT molecular complexity index is 269. The third-order valence-corrected chi connectivity index (χ3v) is 2.40. The van der Waals surface area contributed by atoms with Crippen molar-refractivity contribution in [3.63, 3.8) is 0 Å². The molecule has 18 heavy (non-hydrogen) atoms. The number of likely N-dealkylation sites (N-methyl/N-ethyl adjacent to an activating group) is 1. The molecule has 0 bridgehead atoms. The van der Waals surface area contributed by atoms with E-state index in [2.05, 4.69) is 0 Å². The number of hydrogen-bond acceptors (Lipinski definition) is 3. The summed E-state index contributed by atoms with van der Waals surface area (Å²) in [6.45, 7) is 7.40. The highest BCUT2D eigenvalue weighted by Crippen LogP contribution is 2.04. The number of nitrogens with zero attached hydrogens (tertiary/aromatic N) is 2. The van der Waals surface area contributed by atoms with Crippen molar-refractivity contribution in [2.45, 2.75) is 20.8 Å². The summed E-state index contributed by atoms with van der Waals surface area (Å²) in [6, 6.07) is -0.245. The molecule has 0 saturated heterocycles. The molecule has 0 spiro atoms. The van der Waals surface area contributed by atoms with Gasteiger partial charge >= 0.3 is 12.0 Å². The van der Waals surface area contributed by atoms with E-state index in [1.165, 1.54) is 4.90 Å². The number of urea groups is 1. The van der Waals surface area contributed by atoms with Crippen LogP contribution < -0.4 is 0 Å². The first-order valence-electron chi connectivity index (χ1n) is 6.16. The van der Waals surface area contributed by atoms with Crippen LogP contribution in [0.4, 0.5) is 4.79 Å². The van der Waals surface area contributed by atoms with E-state index >= 15 is 0 Å². The van der Waals surface area contributed by atoms with E-state index in [1.807, 2.05) is 20.8 Å². The molecular formula is C12H24N2O4. The normalized spacial score (nSPS) is 10.5. The van der Waals surface area contributed by atoms with Gasteiger partial charge in [0.2, 0.25) is 0 Å². The summed E-state index contributed by atoms with van der Waals surface area (Å²) in [5.74, 6) is -0.763. The fraction of sp³-hybridized carbons (Fsp3) is 0.833. The number of ether oxygens (including phenoxy) is 1. The van der Waals surface area contributed by atoms with Crippen LogP contribution in [0.3, 0.4) is 0 Å². The molecule has 0 atom stereocenters. The zero-order chi connectivity index (χ0) is 14.1. The Morgan fingerprint density at radius 2 is 1.89 bits per heavy atom. The number of carboxylic acid groups (broad SMARTS) is 1. The lowest BCUT2D eigenvalue weighted by Crippen LogP contribution is -2.47. The topological polar surface area (TPSA) is 70.1 Å². The third kappa shape index (κ3) is 6.44. The average Bonchev–Trinajstić information content (AvgIpc) is 2.27. The van der Waals surface area contributed by atoms with Gasteiger partial charge in [0.25, 0.3) is 0 Å². The van der Waals surface area contributed by atoms with Crippen LogP contribution >= 0.6 is 0 Å². The van der Waals surface area contributed by atoms with Crippen LogP contribution in [0.25, 0.3) is 0 Å². The summed E-state index contributed by atoms with van der Waals surface area (Å²) in [5, 5.41) is 8.84. The summed E-state index contributed by atoms with van der Waals surface area (Å²) < 4.78 is 4.94. The van der Waals surface area contributed by atoms with Gasteiger partial charge in [-0.15, -0.1) is 0 Å². The van der Waals surface area contributed by atoms with Gasteiger partial charge in [-0.05, 0) is 12.8 Å². The largest absolute Gasteiger partial charge is 0.480 e. The van der Waals surface area contributed by atoms with Crippen LogP contribution in [-0.2, 0) is 9.53 Å². The Morgan fingerprint density at radius 1 is 1.28 bits per heavy atom. The third-order valence-electron chi connectivity index (χ3n) is 2.40. The molecule has 6 nitrogen and oxygen atoms in total. The second-order valence-electron chi connectivity index (χ2n) is 4.52. The van der Waals surface area contributed by atoms with Gasteiger partial charge in [0.05, 0.1) is 6.61 Å². The van der Waals surface area contributed by atoms with Crippen LogP contribution in [0.1, 0.15) is 20.8 Å². The zero-order valence-electron chi connectivity index (χ0n) is 11.7. The molecule has 0 aromatic carbocycles. The van der Waals surface area contributed by atoms with E-state index < -0.39 is 5.97 Å². The van der Waals surface area contributed by atoms with E-state index in [1.54, 1.807) is 12.0 Å². The van der Waals surface area contributed by atoms with Crippen molar-refractivity contribution in [2.75, 3.05) is 39.9 Å². The van der Waals surface area contributed by atoms with Crippen molar-refractivity contribution in [1.29, 1.82) is 0 Å². The highest BCUT2D eigenvalue weighted by atomic mass is 16.5. The summed E-state index contributed by atoms with van der Waals surface area (Å²) in [5.41, 5.74) is 0. The average molecular weight is 260 g/mol. The van der Waals surface area contributed by atoms with Crippen molar-refractivity contribution in [3.05, 3.63) is 0 Å². The van der Waals surface area contributed by atoms with Crippen molar-refractivity contribution < 1.29 is 19.4 Å². The van der Waals surface area contributed by atoms with Crippen molar-refractivity contribution in [2.24, 2.45) is 5.92 Å². The first-order valence-corrected chi connectivity index (χ1v) is 6.16. The number of methoxy groups -OCH3 is 1. The van der Waals surface area contributed by atoms with E-state index in [0.717, 1.165) is 0 Å². The fourth-order valence-corrected chi connectivity index (χ4v) is 1.60. The SMILES string of the molecule is CCN(CCOC)C(=O)N(CC(=O)O)CC(C)C. The van der Waals surface area contributed by atoms with Crippen LogP contribution in [-0.4, -0.2) is 66.8 Å². The van der Waals surface area contributed by atoms with Gasteiger partial charge in [0.1, 0.15) is 6.54 Å². The number of carboxylic acids is 1. The maximum atomic E-state index is 12.2. The minimum absolute atomic E-state index is 0.231. The van der Waals surface area contributed by atoms with Gasteiger partial charge in [-0.3, -0.25) is 4.79 Å². The summed E-state index contributed by atoms with van der Waals surface area (Å²) in [4.78, 5) is 25.9. The number of hydrogen-bond donors (Lipinski definition) is 1. The van der Waals surface area contributed by atoms with E-state index in [9.17, 15) is 9.59 Å². The Hall–Kier alpha value is -1.30. The highest BCUT2D eigenvalue weighted by Gasteiger charge is 2.22. The number of carbonyl (C=O) groups excluding carboxylic acids is 1. The monoisotopic (exact) mass is 260 g/mol. The molecule has 0 fully saturated rings. The smallest absolute Gasteiger partial charge is 0.323 e. The van der Waals surface area contributed by atoms with E-state index in [0.29, 0.717) is 26.2 Å². The predicted octanol–water partition coefficient (Wildman–Crippen LogP) is 1.12. The van der Waals surface area contributed by atoms with Crippen molar-refractivity contribution in [1.82, 2.24) is 9.80 Å². The van der Waals surface area contributed by atoms with Crippen LogP contribution in [0, 0.1) is 5.92 Å². The predicted molar refractivity (Wildman–Crippen MR) is 68.6 cm³/mol. The lowest BCUT2D eigenvalue weighted by atomic mass is 10.2. The molecule has 0 heterocycles. The molecule has 0 aliphatic rings. The van der Waals surface area contributed by atoms with Gasteiger partial charge in [-0.2, -0.15) is 0 Å². The molecule has 0 saturated carbocycles. The number of amides is 2. The molecule has 0 aliphatic carbocycles. The second-order valence-corrected chi connectivity index (χ2v) is 4.52. The van der Waals surface area contributed by atoms with Crippen LogP contribution in [0.15, 0.2) is 0 Å². The minimum Gasteiger partial charge on any atom is -0.480 e. The number of rotatable bonds is 8. The second kappa shape index (κ2) is 8.74. The molecule has 1 N–H and O–H groups in total. The molecule has 106 valence electrons. The molecular weight excluding hydrogens is 236 g/mol. The van der Waals surface area contributed by atoms with Crippen LogP contribution in [0.5, 0.6) is 0 Å². The quantitative estimate of drug-likeness (QED) is 0.710. The maximum Gasteiger partial charge on any atom is 0.323 e. The molecule has 0 rings (SSSR count). The number of carbonyl (C=O) groups is 2. The first-order chi connectivity index (χ1) is 8.42. The first kappa shape index (κ1) is 16.7. The van der Waals surface area contributed by atoms with Gasteiger partial charge in [-0.25, -0.2) is 4.79 Å². The highest BCUT2D eigenvalue weighted by molar-refractivity contribution is 5.80. The van der Waals surface area contributed by atoms with E-state index in [4.69, 9.17) is 9.84 Å². The summed E-state index contributed by atoms with van der Waals surface area (Å²) in [7, 11) is 1.57. The Labute approximate surface area is 109 Å². The Kier molecular flexibility index (Phi) is 8.11. The maximum absolute atomic E-state index is 12.2. The van der Waals surface area contributed by atoms with Gasteiger partial charge in [0, 0.05) is 26.7 Å². The molecule has 0 aromatic rings. The van der Waals surface area contributed by atoms with Gasteiger partial charge < -0.3 is 19.6 Å².